The Morgan fingerprint density at radius 1 is 1.33 bits per heavy atom. The van der Waals surface area contributed by atoms with E-state index in [9.17, 15) is 0 Å². The number of nitrogens with zero attached hydrogens (tertiary/aromatic N) is 1. The van der Waals surface area contributed by atoms with Crippen molar-refractivity contribution >= 4 is 29.2 Å². The summed E-state index contributed by atoms with van der Waals surface area (Å²) in [4.78, 5) is 4.10. The van der Waals surface area contributed by atoms with Gasteiger partial charge in [0.25, 0.3) is 0 Å². The van der Waals surface area contributed by atoms with Crippen LogP contribution in [-0.4, -0.2) is 24.3 Å². The first-order valence-corrected chi connectivity index (χ1v) is 5.99. The number of rotatable bonds is 1. The van der Waals surface area contributed by atoms with Crippen molar-refractivity contribution in [3.63, 3.8) is 0 Å². The van der Waals surface area contributed by atoms with Crippen molar-refractivity contribution in [3.05, 3.63) is 30.5 Å². The molecule has 4 nitrogen and oxygen atoms in total. The van der Waals surface area contributed by atoms with Crippen LogP contribution in [0.2, 0.25) is 0 Å². The third-order valence-electron chi connectivity index (χ3n) is 3.10. The molecule has 0 radical (unpaired) electrons. The highest BCUT2D eigenvalue weighted by molar-refractivity contribution is 6.62. The molecule has 1 aromatic carbocycles. The minimum absolute atomic E-state index is 0.236. The van der Waals surface area contributed by atoms with Gasteiger partial charge in [-0.05, 0) is 30.8 Å². The Hall–Kier alpha value is -1.59. The molecule has 5 heteroatoms. The summed E-state index contributed by atoms with van der Waals surface area (Å²) < 4.78 is 11.5. The van der Waals surface area contributed by atoms with Gasteiger partial charge in [-0.2, -0.15) is 0 Å². The maximum Gasteiger partial charge on any atom is 0.494 e. The molecule has 1 aliphatic rings. The molecule has 0 bridgehead atoms. The number of hydrogen-bond donors (Lipinski definition) is 1. The summed E-state index contributed by atoms with van der Waals surface area (Å²) in [7, 11) is -0.316. The van der Waals surface area contributed by atoms with E-state index in [-0.39, 0.29) is 12.7 Å². The van der Waals surface area contributed by atoms with Gasteiger partial charge in [0.05, 0.1) is 12.2 Å². The molecule has 1 saturated heterocycles. The highest BCUT2D eigenvalue weighted by Crippen LogP contribution is 2.22. The topological polar surface area (TPSA) is 57.4 Å². The Balaban J connectivity index is 2.01. The molecule has 1 aromatic heterocycles. The first kappa shape index (κ1) is 11.5. The summed E-state index contributed by atoms with van der Waals surface area (Å²) in [5.41, 5.74) is 6.63. The number of nitrogens with two attached hydrogens (primary N) is 1. The molecule has 0 atom stereocenters. The summed E-state index contributed by atoms with van der Waals surface area (Å²) >= 11 is 0. The molecule has 0 aliphatic carbocycles. The van der Waals surface area contributed by atoms with Crippen LogP contribution in [0.4, 0.5) is 5.82 Å². The molecule has 0 amide bonds. The predicted molar refractivity (Wildman–Crippen MR) is 72.7 cm³/mol. The smallest absolute Gasteiger partial charge is 0.404 e. The van der Waals surface area contributed by atoms with Crippen molar-refractivity contribution in [2.24, 2.45) is 0 Å². The Bertz CT molecular complexity index is 601. The molecular weight excluding hydrogens is 227 g/mol. The standard InChI is InChI=1S/C13H15BN2O2/c1-13(2)8-17-14(18-13)10-4-3-9-5-6-16-12(15)11(9)7-10/h3-7H,8H2,1-2H3,(H2,15,16). The number of nitrogen functional groups attached to an aromatic ring is 1. The number of anilines is 1. The van der Waals surface area contributed by atoms with E-state index >= 15 is 0 Å². The largest absolute Gasteiger partial charge is 0.494 e. The first-order chi connectivity index (χ1) is 8.55. The average Bonchev–Trinajstić information content (AvgIpc) is 2.70. The van der Waals surface area contributed by atoms with E-state index < -0.39 is 0 Å². The second-order valence-corrected chi connectivity index (χ2v) is 5.20. The van der Waals surface area contributed by atoms with Crippen LogP contribution in [0.3, 0.4) is 0 Å². The lowest BCUT2D eigenvalue weighted by molar-refractivity contribution is 0.137. The van der Waals surface area contributed by atoms with Gasteiger partial charge in [0.2, 0.25) is 0 Å². The van der Waals surface area contributed by atoms with Gasteiger partial charge >= 0.3 is 7.12 Å². The van der Waals surface area contributed by atoms with Crippen molar-refractivity contribution < 1.29 is 9.31 Å². The summed E-state index contributed by atoms with van der Waals surface area (Å²) in [6.45, 7) is 4.63. The number of aromatic nitrogens is 1. The minimum atomic E-state index is -0.316. The summed E-state index contributed by atoms with van der Waals surface area (Å²) in [6.07, 6.45) is 1.71. The fraction of sp³-hybridized carbons (Fsp3) is 0.308. The van der Waals surface area contributed by atoms with Crippen molar-refractivity contribution in [2.45, 2.75) is 19.4 Å². The number of hydrogen-bond acceptors (Lipinski definition) is 4. The number of fused-ring (bicyclic) bond motifs is 1. The SMILES string of the molecule is CC1(C)COB(c2ccc3ccnc(N)c3c2)O1. The highest BCUT2D eigenvalue weighted by atomic mass is 16.7. The molecule has 2 N–H and O–H groups in total. The molecule has 3 rings (SSSR count). The molecule has 2 heterocycles. The molecule has 0 saturated carbocycles. The molecule has 18 heavy (non-hydrogen) atoms. The molecule has 1 fully saturated rings. The van der Waals surface area contributed by atoms with Gasteiger partial charge in [0.15, 0.2) is 0 Å². The Morgan fingerprint density at radius 3 is 2.89 bits per heavy atom. The van der Waals surface area contributed by atoms with E-state index in [0.717, 1.165) is 16.2 Å². The molecule has 0 unspecified atom stereocenters. The Labute approximate surface area is 106 Å². The number of benzene rings is 1. The zero-order chi connectivity index (χ0) is 12.8. The molecule has 0 spiro atoms. The van der Waals surface area contributed by atoms with Gasteiger partial charge < -0.3 is 15.0 Å². The van der Waals surface area contributed by atoms with Crippen LogP contribution in [0.25, 0.3) is 10.8 Å². The predicted octanol–water partition coefficient (Wildman–Crippen LogP) is 1.34. The second kappa shape index (κ2) is 3.97. The van der Waals surface area contributed by atoms with Gasteiger partial charge in [0, 0.05) is 11.6 Å². The lowest BCUT2D eigenvalue weighted by atomic mass is 9.78. The quantitative estimate of drug-likeness (QED) is 0.766. The van der Waals surface area contributed by atoms with Crippen molar-refractivity contribution in [3.8, 4) is 0 Å². The van der Waals surface area contributed by atoms with Gasteiger partial charge in [-0.25, -0.2) is 4.98 Å². The van der Waals surface area contributed by atoms with Gasteiger partial charge in [0.1, 0.15) is 5.82 Å². The lowest BCUT2D eigenvalue weighted by Gasteiger charge is -2.15. The van der Waals surface area contributed by atoms with Crippen molar-refractivity contribution in [2.75, 3.05) is 12.3 Å². The maximum atomic E-state index is 5.88. The van der Waals surface area contributed by atoms with Crippen LogP contribution in [0.5, 0.6) is 0 Å². The summed E-state index contributed by atoms with van der Waals surface area (Å²) in [5.74, 6) is 0.534. The van der Waals surface area contributed by atoms with Crippen molar-refractivity contribution in [1.29, 1.82) is 0 Å². The Kier molecular flexibility index (Phi) is 2.54. The first-order valence-electron chi connectivity index (χ1n) is 5.99. The van der Waals surface area contributed by atoms with Crippen LogP contribution in [-0.2, 0) is 9.31 Å². The number of pyridine rings is 1. The molecular formula is C13H15BN2O2. The average molecular weight is 242 g/mol. The minimum Gasteiger partial charge on any atom is -0.404 e. The van der Waals surface area contributed by atoms with Crippen LogP contribution >= 0.6 is 0 Å². The third kappa shape index (κ3) is 1.96. The van der Waals surface area contributed by atoms with Crippen LogP contribution < -0.4 is 11.2 Å². The van der Waals surface area contributed by atoms with E-state index in [1.165, 1.54) is 0 Å². The normalized spacial score (nSPS) is 18.4. The maximum absolute atomic E-state index is 5.88. The zero-order valence-electron chi connectivity index (χ0n) is 10.5. The second-order valence-electron chi connectivity index (χ2n) is 5.20. The van der Waals surface area contributed by atoms with E-state index in [2.05, 4.69) is 4.98 Å². The van der Waals surface area contributed by atoms with Crippen LogP contribution in [0.1, 0.15) is 13.8 Å². The van der Waals surface area contributed by atoms with E-state index in [0.29, 0.717) is 12.4 Å². The molecule has 92 valence electrons. The lowest BCUT2D eigenvalue weighted by Crippen LogP contribution is -2.34. The van der Waals surface area contributed by atoms with Crippen molar-refractivity contribution in [1.82, 2.24) is 4.98 Å². The zero-order valence-corrected chi connectivity index (χ0v) is 10.5. The van der Waals surface area contributed by atoms with Gasteiger partial charge in [-0.3, -0.25) is 0 Å². The van der Waals surface area contributed by atoms with E-state index in [1.54, 1.807) is 6.20 Å². The summed E-state index contributed by atoms with van der Waals surface area (Å²) in [6, 6.07) is 7.95. The third-order valence-corrected chi connectivity index (χ3v) is 3.10. The molecule has 2 aromatic rings. The summed E-state index contributed by atoms with van der Waals surface area (Å²) in [5, 5.41) is 2.01. The highest BCUT2D eigenvalue weighted by Gasteiger charge is 2.38. The van der Waals surface area contributed by atoms with Gasteiger partial charge in [-0.15, -0.1) is 0 Å². The molecule has 1 aliphatic heterocycles. The van der Waals surface area contributed by atoms with E-state index in [4.69, 9.17) is 15.0 Å². The van der Waals surface area contributed by atoms with E-state index in [1.807, 2.05) is 38.1 Å². The Morgan fingerprint density at radius 2 is 2.17 bits per heavy atom. The monoisotopic (exact) mass is 242 g/mol. The fourth-order valence-electron chi connectivity index (χ4n) is 2.15. The fourth-order valence-corrected chi connectivity index (χ4v) is 2.15. The van der Waals surface area contributed by atoms with Crippen LogP contribution in [0.15, 0.2) is 30.5 Å². The van der Waals surface area contributed by atoms with Gasteiger partial charge in [-0.1, -0.05) is 18.2 Å². The van der Waals surface area contributed by atoms with Crippen LogP contribution in [0, 0.1) is 0 Å².